The van der Waals surface area contributed by atoms with Gasteiger partial charge in [0, 0.05) is 5.92 Å². The molecule has 4 aliphatic carbocycles. The van der Waals surface area contributed by atoms with Crippen molar-refractivity contribution in [1.29, 1.82) is 0 Å². The highest BCUT2D eigenvalue weighted by atomic mass is 16.6. The summed E-state index contributed by atoms with van der Waals surface area (Å²) in [7, 11) is 0. The smallest absolute Gasteiger partial charge is 0.309 e. The number of carbonyl (C=O) groups is 1. The van der Waals surface area contributed by atoms with Crippen LogP contribution >= 0.6 is 0 Å². The van der Waals surface area contributed by atoms with Crippen molar-refractivity contribution in [2.45, 2.75) is 51.7 Å². The van der Waals surface area contributed by atoms with Gasteiger partial charge in [0.1, 0.15) is 6.10 Å². The predicted molar refractivity (Wildman–Crippen MR) is 77.4 cm³/mol. The number of hydrogen-bond donors (Lipinski definition) is 0. The quantitative estimate of drug-likeness (QED) is 0.750. The van der Waals surface area contributed by atoms with Crippen LogP contribution in [0.15, 0.2) is 0 Å². The molecule has 0 radical (unpaired) electrons. The monoisotopic (exact) mass is 290 g/mol. The molecule has 0 spiro atoms. The van der Waals surface area contributed by atoms with Gasteiger partial charge in [-0.05, 0) is 61.2 Å². The first kappa shape index (κ1) is 12.9. The lowest BCUT2D eigenvalue weighted by Crippen LogP contribution is -2.37. The zero-order chi connectivity index (χ0) is 14.3. The van der Waals surface area contributed by atoms with Crippen molar-refractivity contribution >= 4 is 5.97 Å². The van der Waals surface area contributed by atoms with Gasteiger partial charge in [0.25, 0.3) is 0 Å². The minimum Gasteiger partial charge on any atom is -0.459 e. The van der Waals surface area contributed by atoms with E-state index in [9.17, 15) is 4.79 Å². The normalized spacial score (nSPS) is 60.0. The molecule has 0 aromatic rings. The molecule has 0 aromatic heterocycles. The number of rotatable bonds is 3. The van der Waals surface area contributed by atoms with Gasteiger partial charge in [-0.3, -0.25) is 4.79 Å². The Hall–Kier alpha value is -0.570. The van der Waals surface area contributed by atoms with E-state index in [1.54, 1.807) is 0 Å². The SMILES string of the molecule is CC1C2CC(COC3C4CC5C(=O)OC3C5C4)C(C2)C1C. The molecule has 0 amide bonds. The van der Waals surface area contributed by atoms with E-state index < -0.39 is 0 Å². The van der Waals surface area contributed by atoms with E-state index in [1.165, 1.54) is 12.8 Å². The lowest BCUT2D eigenvalue weighted by atomic mass is 9.76. The summed E-state index contributed by atoms with van der Waals surface area (Å²) in [6.07, 6.45) is 5.28. The Morgan fingerprint density at radius 2 is 1.86 bits per heavy atom. The standard InChI is InChI=1S/C18H26O3/c1-8-9(2)13-4-10(8)3-12(13)7-20-16-11-5-14-15(6-11)18(19)21-17(14)16/h8-17H,3-7H2,1-2H3. The van der Waals surface area contributed by atoms with Crippen molar-refractivity contribution in [3.63, 3.8) is 0 Å². The number of fused-ring (bicyclic) bond motifs is 3. The van der Waals surface area contributed by atoms with Crippen LogP contribution in [-0.2, 0) is 14.3 Å². The van der Waals surface area contributed by atoms with Crippen LogP contribution in [-0.4, -0.2) is 24.8 Å². The first-order valence-electron chi connectivity index (χ1n) is 8.95. The van der Waals surface area contributed by atoms with E-state index >= 15 is 0 Å². The van der Waals surface area contributed by atoms with Gasteiger partial charge in [-0.1, -0.05) is 13.8 Å². The molecule has 5 rings (SSSR count). The summed E-state index contributed by atoms with van der Waals surface area (Å²) in [6, 6.07) is 0. The third kappa shape index (κ3) is 1.62. The van der Waals surface area contributed by atoms with Crippen LogP contribution < -0.4 is 0 Å². The van der Waals surface area contributed by atoms with Crippen LogP contribution in [0.4, 0.5) is 0 Å². The molecule has 10 atom stereocenters. The molecule has 3 nitrogen and oxygen atoms in total. The van der Waals surface area contributed by atoms with E-state index in [0.717, 1.165) is 49.0 Å². The Balaban J connectivity index is 1.24. The zero-order valence-corrected chi connectivity index (χ0v) is 13.0. The van der Waals surface area contributed by atoms with Crippen LogP contribution in [0, 0.1) is 47.3 Å². The Labute approximate surface area is 126 Å². The maximum Gasteiger partial charge on any atom is 0.309 e. The van der Waals surface area contributed by atoms with Gasteiger partial charge < -0.3 is 9.47 Å². The average Bonchev–Trinajstić information content (AvgIpc) is 3.20. The summed E-state index contributed by atoms with van der Waals surface area (Å²) in [4.78, 5) is 11.8. The molecule has 4 bridgehead atoms. The molecule has 5 fully saturated rings. The highest BCUT2D eigenvalue weighted by molar-refractivity contribution is 5.76. The fraction of sp³-hybridized carbons (Fsp3) is 0.944. The molecule has 5 aliphatic rings. The van der Waals surface area contributed by atoms with Crippen LogP contribution in [0.5, 0.6) is 0 Å². The van der Waals surface area contributed by atoms with E-state index in [2.05, 4.69) is 13.8 Å². The molecule has 1 saturated heterocycles. The minimum atomic E-state index is 0.0565. The molecule has 4 saturated carbocycles. The Morgan fingerprint density at radius 3 is 2.62 bits per heavy atom. The average molecular weight is 290 g/mol. The van der Waals surface area contributed by atoms with E-state index in [-0.39, 0.29) is 24.1 Å². The van der Waals surface area contributed by atoms with Crippen LogP contribution in [0.25, 0.3) is 0 Å². The summed E-state index contributed by atoms with van der Waals surface area (Å²) in [6.45, 7) is 5.77. The number of ether oxygens (including phenoxy) is 2. The molecule has 0 N–H and O–H groups in total. The molecule has 10 unspecified atom stereocenters. The first-order valence-corrected chi connectivity index (χ1v) is 8.95. The summed E-state index contributed by atoms with van der Waals surface area (Å²) < 4.78 is 12.0. The zero-order valence-electron chi connectivity index (χ0n) is 13.0. The highest BCUT2D eigenvalue weighted by Gasteiger charge is 2.62. The summed E-state index contributed by atoms with van der Waals surface area (Å²) >= 11 is 0. The second-order valence-corrected chi connectivity index (χ2v) is 8.57. The highest BCUT2D eigenvalue weighted by Crippen LogP contribution is 2.57. The van der Waals surface area contributed by atoms with Crippen LogP contribution in [0.1, 0.15) is 39.5 Å². The summed E-state index contributed by atoms with van der Waals surface area (Å²) in [5, 5.41) is 0. The predicted octanol–water partition coefficient (Wildman–Crippen LogP) is 2.88. The molecular formula is C18H26O3. The number of hydrogen-bond acceptors (Lipinski definition) is 3. The van der Waals surface area contributed by atoms with Crippen LogP contribution in [0.2, 0.25) is 0 Å². The van der Waals surface area contributed by atoms with Gasteiger partial charge in [-0.25, -0.2) is 0 Å². The Kier molecular flexibility index (Phi) is 2.61. The lowest BCUT2D eigenvalue weighted by Gasteiger charge is -2.33. The van der Waals surface area contributed by atoms with Gasteiger partial charge in [0.2, 0.25) is 0 Å². The van der Waals surface area contributed by atoms with Gasteiger partial charge in [0.05, 0.1) is 18.6 Å². The summed E-state index contributed by atoms with van der Waals surface area (Å²) in [5.74, 6) is 5.68. The molecule has 3 heteroatoms. The van der Waals surface area contributed by atoms with Gasteiger partial charge in [0.15, 0.2) is 0 Å². The van der Waals surface area contributed by atoms with Gasteiger partial charge in [-0.2, -0.15) is 0 Å². The molecule has 116 valence electrons. The van der Waals surface area contributed by atoms with Gasteiger partial charge in [-0.15, -0.1) is 0 Å². The maximum absolute atomic E-state index is 11.8. The van der Waals surface area contributed by atoms with Gasteiger partial charge >= 0.3 is 5.97 Å². The van der Waals surface area contributed by atoms with E-state index in [1.807, 2.05) is 0 Å². The maximum atomic E-state index is 11.8. The molecule has 0 aromatic carbocycles. The van der Waals surface area contributed by atoms with Crippen molar-refractivity contribution in [3.05, 3.63) is 0 Å². The van der Waals surface area contributed by atoms with E-state index in [0.29, 0.717) is 11.8 Å². The molecule has 21 heavy (non-hydrogen) atoms. The minimum absolute atomic E-state index is 0.0565. The third-order valence-corrected chi connectivity index (χ3v) is 7.95. The van der Waals surface area contributed by atoms with E-state index in [4.69, 9.17) is 9.47 Å². The lowest BCUT2D eigenvalue weighted by molar-refractivity contribution is -0.148. The van der Waals surface area contributed by atoms with Crippen molar-refractivity contribution < 1.29 is 14.3 Å². The van der Waals surface area contributed by atoms with Crippen molar-refractivity contribution in [1.82, 2.24) is 0 Å². The molecule has 1 heterocycles. The second-order valence-electron chi connectivity index (χ2n) is 8.57. The van der Waals surface area contributed by atoms with Crippen molar-refractivity contribution in [2.75, 3.05) is 6.61 Å². The largest absolute Gasteiger partial charge is 0.459 e. The van der Waals surface area contributed by atoms with Crippen molar-refractivity contribution in [3.8, 4) is 0 Å². The first-order chi connectivity index (χ1) is 10.1. The summed E-state index contributed by atoms with van der Waals surface area (Å²) in [5.41, 5.74) is 0. The third-order valence-electron chi connectivity index (χ3n) is 7.95. The molecular weight excluding hydrogens is 264 g/mol. The number of esters is 1. The number of carbonyl (C=O) groups excluding carboxylic acids is 1. The Bertz CT molecular complexity index is 473. The van der Waals surface area contributed by atoms with Crippen molar-refractivity contribution in [2.24, 2.45) is 47.3 Å². The fourth-order valence-electron chi connectivity index (χ4n) is 6.65. The second kappa shape index (κ2) is 4.24. The molecule has 1 aliphatic heterocycles. The van der Waals surface area contributed by atoms with Crippen LogP contribution in [0.3, 0.4) is 0 Å². The topological polar surface area (TPSA) is 35.5 Å². The Morgan fingerprint density at radius 1 is 1.05 bits per heavy atom. The fourth-order valence-corrected chi connectivity index (χ4v) is 6.65.